The van der Waals surface area contributed by atoms with Gasteiger partial charge in [0.25, 0.3) is 5.56 Å². The van der Waals surface area contributed by atoms with Gasteiger partial charge >= 0.3 is 0 Å². The van der Waals surface area contributed by atoms with Gasteiger partial charge in [-0.05, 0) is 29.5 Å². The molecule has 34 heavy (non-hydrogen) atoms. The van der Waals surface area contributed by atoms with Crippen molar-refractivity contribution >= 4 is 29.2 Å². The fourth-order valence-corrected chi connectivity index (χ4v) is 5.22. The summed E-state index contributed by atoms with van der Waals surface area (Å²) in [5, 5.41) is 13.3. The highest BCUT2D eigenvalue weighted by Gasteiger charge is 2.60. The maximum absolute atomic E-state index is 14.2. The van der Waals surface area contributed by atoms with Gasteiger partial charge in [0, 0.05) is 11.3 Å². The first-order chi connectivity index (χ1) is 16.4. The Bertz CT molecular complexity index is 1460. The van der Waals surface area contributed by atoms with Crippen molar-refractivity contribution in [1.82, 2.24) is 9.97 Å². The molecule has 0 bridgehead atoms. The molecule has 1 aromatic heterocycles. The molecule has 0 radical (unpaired) electrons. The van der Waals surface area contributed by atoms with Gasteiger partial charge in [-0.1, -0.05) is 49.0 Å². The molecular formula is C24H19FN6O2S. The van der Waals surface area contributed by atoms with Crippen LogP contribution >= 0.6 is 11.8 Å². The molecule has 5 rings (SSSR count). The number of anilines is 2. The van der Waals surface area contributed by atoms with Crippen molar-refractivity contribution in [2.24, 2.45) is 5.73 Å². The van der Waals surface area contributed by atoms with Crippen LogP contribution in [-0.4, -0.2) is 21.6 Å². The second kappa shape index (κ2) is 8.04. The number of fused-ring (bicyclic) bond motifs is 4. The molecule has 3 heterocycles. The average molecular weight is 475 g/mol. The Labute approximate surface area is 198 Å². The fourth-order valence-electron chi connectivity index (χ4n) is 4.62. The number of carbonyl (C=O) groups excluding carboxylic acids is 1. The molecule has 1 spiro atoms. The number of nitrogens with zero attached hydrogens (tertiary/aromatic N) is 3. The van der Waals surface area contributed by atoms with Gasteiger partial charge in [-0.3, -0.25) is 9.59 Å². The summed E-state index contributed by atoms with van der Waals surface area (Å²) < 4.78 is 13.4. The van der Waals surface area contributed by atoms with Gasteiger partial charge in [-0.2, -0.15) is 5.26 Å². The zero-order chi connectivity index (χ0) is 24.0. The maximum atomic E-state index is 14.2. The molecule has 1 amide bonds. The zero-order valence-corrected chi connectivity index (χ0v) is 18.9. The average Bonchev–Trinajstić information content (AvgIpc) is 3.04. The van der Waals surface area contributed by atoms with Crippen LogP contribution in [0.4, 0.5) is 15.9 Å². The Hall–Kier alpha value is -4.10. The van der Waals surface area contributed by atoms with Gasteiger partial charge in [-0.25, -0.2) is 9.37 Å². The Kier molecular flexibility index (Phi) is 5.14. The number of hydrogen-bond donors (Lipinski definition) is 3. The molecule has 10 heteroatoms. The quantitative estimate of drug-likeness (QED) is 0.392. The first-order valence-electron chi connectivity index (χ1n) is 10.5. The number of halogens is 1. The lowest BCUT2D eigenvalue weighted by Gasteiger charge is -2.34. The lowest BCUT2D eigenvalue weighted by atomic mass is 9.69. The molecule has 2 aliphatic heterocycles. The van der Waals surface area contributed by atoms with E-state index in [2.05, 4.69) is 21.4 Å². The number of benzene rings is 2. The van der Waals surface area contributed by atoms with E-state index in [1.54, 1.807) is 36.4 Å². The van der Waals surface area contributed by atoms with E-state index in [4.69, 9.17) is 5.73 Å². The second-order valence-electron chi connectivity index (χ2n) is 7.84. The van der Waals surface area contributed by atoms with Crippen molar-refractivity contribution in [2.45, 2.75) is 24.0 Å². The normalized spacial score (nSPS) is 18.5. The monoisotopic (exact) mass is 474 g/mol. The van der Waals surface area contributed by atoms with E-state index in [1.807, 2.05) is 6.92 Å². The minimum Gasteiger partial charge on any atom is -0.384 e. The van der Waals surface area contributed by atoms with Gasteiger partial charge in [0.1, 0.15) is 28.9 Å². The second-order valence-corrected chi connectivity index (χ2v) is 9.09. The summed E-state index contributed by atoms with van der Waals surface area (Å²) in [6, 6.07) is 14.9. The van der Waals surface area contributed by atoms with E-state index >= 15 is 0 Å². The first kappa shape index (κ1) is 21.7. The van der Waals surface area contributed by atoms with E-state index in [1.165, 1.54) is 28.8 Å². The topological polar surface area (TPSA) is 128 Å². The molecule has 0 fully saturated rings. The lowest BCUT2D eigenvalue weighted by molar-refractivity contribution is -0.120. The van der Waals surface area contributed by atoms with Crippen molar-refractivity contribution in [3.05, 3.63) is 92.8 Å². The molecule has 0 saturated heterocycles. The number of aromatic nitrogens is 2. The van der Waals surface area contributed by atoms with Gasteiger partial charge in [-0.15, -0.1) is 0 Å². The molecule has 3 aromatic rings. The highest BCUT2D eigenvalue weighted by Crippen LogP contribution is 2.53. The molecular weight excluding hydrogens is 455 g/mol. The largest absolute Gasteiger partial charge is 0.384 e. The van der Waals surface area contributed by atoms with Gasteiger partial charge in [0.05, 0.1) is 17.7 Å². The van der Waals surface area contributed by atoms with Crippen LogP contribution in [0.2, 0.25) is 0 Å². The van der Waals surface area contributed by atoms with Crippen LogP contribution < -0.4 is 21.5 Å². The molecule has 0 aliphatic carbocycles. The number of para-hydroxylation sites is 1. The van der Waals surface area contributed by atoms with E-state index in [0.29, 0.717) is 27.7 Å². The fraction of sp³-hybridized carbons (Fsp3) is 0.167. The molecule has 8 nitrogen and oxygen atoms in total. The Balaban J connectivity index is 1.78. The van der Waals surface area contributed by atoms with Crippen molar-refractivity contribution in [3.63, 3.8) is 0 Å². The van der Waals surface area contributed by atoms with Crippen molar-refractivity contribution in [2.75, 3.05) is 16.0 Å². The third-order valence-electron chi connectivity index (χ3n) is 5.98. The Morgan fingerprint density at radius 1 is 1.21 bits per heavy atom. The van der Waals surface area contributed by atoms with E-state index in [0.717, 1.165) is 0 Å². The first-order valence-corrected chi connectivity index (χ1v) is 11.5. The highest BCUT2D eigenvalue weighted by molar-refractivity contribution is 7.99. The highest BCUT2D eigenvalue weighted by atomic mass is 32.2. The standard InChI is InChI=1S/C24H19FN6O2S/c1-2-34-23-29-20-18(21(32)30-23)24(16(11-26)19(27)28-20)15-5-3-4-6-17(15)31(22(24)33)12-13-7-9-14(25)10-8-13/h3-10H,2,12,27H2,1H3,(H2,28,29,30,32)/t24-/m1/s1. The van der Waals surface area contributed by atoms with Crippen LogP contribution in [0.25, 0.3) is 0 Å². The summed E-state index contributed by atoms with van der Waals surface area (Å²) in [7, 11) is 0. The van der Waals surface area contributed by atoms with Crippen molar-refractivity contribution < 1.29 is 9.18 Å². The molecule has 0 unspecified atom stereocenters. The van der Waals surface area contributed by atoms with Gasteiger partial charge < -0.3 is 20.9 Å². The number of thioether (sulfide) groups is 1. The minimum atomic E-state index is -1.76. The number of H-pyrrole nitrogens is 1. The molecule has 1 atom stereocenters. The third kappa shape index (κ3) is 3.01. The number of carbonyl (C=O) groups is 1. The Morgan fingerprint density at radius 2 is 1.94 bits per heavy atom. The third-order valence-corrected chi connectivity index (χ3v) is 6.74. The van der Waals surface area contributed by atoms with Crippen LogP contribution in [0.3, 0.4) is 0 Å². The van der Waals surface area contributed by atoms with Crippen LogP contribution in [0.1, 0.15) is 23.6 Å². The number of aromatic amines is 1. The summed E-state index contributed by atoms with van der Waals surface area (Å²) in [6.07, 6.45) is 0. The van der Waals surface area contributed by atoms with E-state index in [9.17, 15) is 19.2 Å². The number of rotatable bonds is 4. The van der Waals surface area contributed by atoms with Crippen molar-refractivity contribution in [1.29, 1.82) is 5.26 Å². The van der Waals surface area contributed by atoms with E-state index in [-0.39, 0.29) is 35.1 Å². The Morgan fingerprint density at radius 3 is 2.65 bits per heavy atom. The summed E-state index contributed by atoms with van der Waals surface area (Å²) >= 11 is 1.34. The maximum Gasteiger partial charge on any atom is 0.258 e. The number of nitrogens with one attached hydrogen (secondary N) is 2. The molecule has 2 aliphatic rings. The van der Waals surface area contributed by atoms with Crippen LogP contribution in [0.15, 0.2) is 69.9 Å². The number of amides is 1. The van der Waals surface area contributed by atoms with E-state index < -0.39 is 16.9 Å². The molecule has 2 aromatic carbocycles. The molecule has 170 valence electrons. The number of hydrogen-bond acceptors (Lipinski definition) is 7. The lowest BCUT2D eigenvalue weighted by Crippen LogP contribution is -2.49. The van der Waals surface area contributed by atoms with Crippen LogP contribution in [0.5, 0.6) is 0 Å². The summed E-state index contributed by atoms with van der Waals surface area (Å²) in [5.41, 5.74) is 5.61. The summed E-state index contributed by atoms with van der Waals surface area (Å²) in [5.74, 6) is -0.102. The smallest absolute Gasteiger partial charge is 0.258 e. The summed E-state index contributed by atoms with van der Waals surface area (Å²) in [6.45, 7) is 2.04. The number of nitriles is 1. The summed E-state index contributed by atoms with van der Waals surface area (Å²) in [4.78, 5) is 36.4. The predicted molar refractivity (Wildman–Crippen MR) is 127 cm³/mol. The van der Waals surface area contributed by atoms with Crippen LogP contribution in [0, 0.1) is 17.1 Å². The van der Waals surface area contributed by atoms with Gasteiger partial charge in [0.15, 0.2) is 5.16 Å². The van der Waals surface area contributed by atoms with Crippen molar-refractivity contribution in [3.8, 4) is 6.07 Å². The predicted octanol–water partition coefficient (Wildman–Crippen LogP) is 2.97. The van der Waals surface area contributed by atoms with Crippen LogP contribution in [-0.2, 0) is 16.8 Å². The molecule has 0 saturated carbocycles. The SMILES string of the molecule is CCSc1nc2c(c(=O)[nH]1)[C@]1(C(=O)N(Cc3ccc(F)cc3)c3ccccc31)C(C#N)=C(N)N2. The zero-order valence-electron chi connectivity index (χ0n) is 18.1. The van der Waals surface area contributed by atoms with Gasteiger partial charge in [0.2, 0.25) is 5.91 Å². The molecule has 4 N–H and O–H groups in total. The number of nitrogens with two attached hydrogens (primary N) is 1. The minimum absolute atomic E-state index is 0.0257.